The fourth-order valence-corrected chi connectivity index (χ4v) is 3.40. The highest BCUT2D eigenvalue weighted by Gasteiger charge is 2.14. The van der Waals surface area contributed by atoms with Crippen LogP contribution in [0.1, 0.15) is 24.5 Å². The molecule has 0 aliphatic carbocycles. The molecule has 0 saturated carbocycles. The van der Waals surface area contributed by atoms with Gasteiger partial charge in [-0.2, -0.15) is 4.68 Å². The molecule has 4 rings (SSSR count). The predicted molar refractivity (Wildman–Crippen MR) is 123 cm³/mol. The number of aryl methyl sites for hydroxylation is 1. The van der Waals surface area contributed by atoms with Crippen LogP contribution in [0, 0.1) is 0 Å². The van der Waals surface area contributed by atoms with Gasteiger partial charge >= 0.3 is 6.01 Å². The van der Waals surface area contributed by atoms with Crippen LogP contribution in [0.15, 0.2) is 78.9 Å². The Hall–Kier alpha value is -3.71. The summed E-state index contributed by atoms with van der Waals surface area (Å²) < 4.78 is 13.1. The number of para-hydroxylation sites is 1. The number of aromatic nitrogens is 4. The molecule has 3 aromatic carbocycles. The Morgan fingerprint density at radius 2 is 1.66 bits per heavy atom. The van der Waals surface area contributed by atoms with Gasteiger partial charge in [-0.05, 0) is 65.6 Å². The van der Waals surface area contributed by atoms with Crippen LogP contribution in [0.25, 0.3) is 5.69 Å². The zero-order valence-electron chi connectivity index (χ0n) is 18.3. The first-order chi connectivity index (χ1) is 15.7. The summed E-state index contributed by atoms with van der Waals surface area (Å²) in [5.74, 6) is 1.18. The van der Waals surface area contributed by atoms with Gasteiger partial charge in [0, 0.05) is 12.6 Å². The zero-order chi connectivity index (χ0) is 22.2. The molecular weight excluding hydrogens is 402 g/mol. The first kappa shape index (κ1) is 21.5. The minimum Gasteiger partial charge on any atom is -0.493 e. The molecule has 164 valence electrons. The highest BCUT2D eigenvalue weighted by molar-refractivity contribution is 5.44. The molecule has 4 aromatic rings. The summed E-state index contributed by atoms with van der Waals surface area (Å²) in [6.07, 6.45) is 2.13. The van der Waals surface area contributed by atoms with Gasteiger partial charge in [0.15, 0.2) is 11.5 Å². The Labute approximate surface area is 188 Å². The number of rotatable bonds is 10. The van der Waals surface area contributed by atoms with Gasteiger partial charge in [0.2, 0.25) is 0 Å². The molecule has 0 radical (unpaired) electrons. The number of benzene rings is 3. The van der Waals surface area contributed by atoms with Crippen molar-refractivity contribution < 1.29 is 9.47 Å². The van der Waals surface area contributed by atoms with E-state index in [4.69, 9.17) is 9.47 Å². The van der Waals surface area contributed by atoms with E-state index in [1.165, 1.54) is 5.56 Å². The third-order valence-corrected chi connectivity index (χ3v) is 5.23. The van der Waals surface area contributed by atoms with E-state index < -0.39 is 0 Å². The lowest BCUT2D eigenvalue weighted by molar-refractivity contribution is 0.362. The van der Waals surface area contributed by atoms with E-state index in [9.17, 15) is 0 Å². The van der Waals surface area contributed by atoms with Crippen molar-refractivity contribution in [2.75, 3.05) is 7.11 Å². The highest BCUT2D eigenvalue weighted by Crippen LogP contribution is 2.32. The Bertz CT molecular complexity index is 1120. The van der Waals surface area contributed by atoms with Gasteiger partial charge in [0.05, 0.1) is 12.8 Å². The predicted octanol–water partition coefficient (Wildman–Crippen LogP) is 4.57. The molecule has 0 aliphatic rings. The number of nitrogens with one attached hydrogen (secondary N) is 1. The quantitative estimate of drug-likeness (QED) is 0.398. The van der Waals surface area contributed by atoms with E-state index in [1.807, 2.05) is 54.6 Å². The van der Waals surface area contributed by atoms with Crippen molar-refractivity contribution in [1.29, 1.82) is 0 Å². The smallest absolute Gasteiger partial charge is 0.346 e. The van der Waals surface area contributed by atoms with Crippen LogP contribution in [-0.4, -0.2) is 33.4 Å². The maximum atomic E-state index is 5.98. The number of ether oxygens (including phenoxy) is 2. The van der Waals surface area contributed by atoms with E-state index in [0.717, 1.165) is 30.6 Å². The largest absolute Gasteiger partial charge is 0.493 e. The van der Waals surface area contributed by atoms with E-state index in [1.54, 1.807) is 11.8 Å². The van der Waals surface area contributed by atoms with E-state index in [-0.39, 0.29) is 6.01 Å². The fraction of sp³-hybridized carbons (Fsp3) is 0.240. The SMILES string of the molecule is COc1cc(CN[C@@H](C)CCc2ccccc2)ccc1Oc1nnnn1-c1ccccc1. The fourth-order valence-electron chi connectivity index (χ4n) is 3.40. The summed E-state index contributed by atoms with van der Waals surface area (Å²) in [6, 6.07) is 26.7. The molecule has 0 spiro atoms. The standard InChI is InChI=1S/C25H27N5O2/c1-19(13-14-20-9-5-3-6-10-20)26-18-21-15-16-23(24(17-21)31-2)32-25-27-28-29-30(25)22-11-7-4-8-12-22/h3-12,15-17,19,26H,13-14,18H2,1-2H3/t19-/m0/s1. The molecule has 1 atom stereocenters. The van der Waals surface area contributed by atoms with Crippen LogP contribution < -0.4 is 14.8 Å². The molecule has 0 amide bonds. The maximum absolute atomic E-state index is 5.98. The lowest BCUT2D eigenvalue weighted by Crippen LogP contribution is -2.26. The summed E-state index contributed by atoms with van der Waals surface area (Å²) in [7, 11) is 1.63. The third-order valence-electron chi connectivity index (χ3n) is 5.23. The third kappa shape index (κ3) is 5.50. The van der Waals surface area contributed by atoms with Crippen LogP contribution in [0.4, 0.5) is 0 Å². The minimum absolute atomic E-state index is 0.273. The molecule has 1 aromatic heterocycles. The highest BCUT2D eigenvalue weighted by atomic mass is 16.5. The number of tetrazole rings is 1. The average molecular weight is 430 g/mol. The van der Waals surface area contributed by atoms with Crippen molar-refractivity contribution in [1.82, 2.24) is 25.5 Å². The summed E-state index contributed by atoms with van der Waals surface area (Å²) >= 11 is 0. The van der Waals surface area contributed by atoms with Crippen LogP contribution in [0.3, 0.4) is 0 Å². The second kappa shape index (κ2) is 10.5. The van der Waals surface area contributed by atoms with Crippen LogP contribution in [-0.2, 0) is 13.0 Å². The van der Waals surface area contributed by atoms with Crippen LogP contribution in [0.5, 0.6) is 17.5 Å². The lowest BCUT2D eigenvalue weighted by atomic mass is 10.1. The van der Waals surface area contributed by atoms with E-state index in [2.05, 4.69) is 52.0 Å². The van der Waals surface area contributed by atoms with Crippen molar-refractivity contribution in [3.8, 4) is 23.2 Å². The number of nitrogens with zero attached hydrogens (tertiary/aromatic N) is 4. The summed E-state index contributed by atoms with van der Waals surface area (Å²) in [5, 5.41) is 15.4. The number of hydrogen-bond donors (Lipinski definition) is 1. The number of methoxy groups -OCH3 is 1. The average Bonchev–Trinajstić information content (AvgIpc) is 3.31. The molecule has 0 saturated heterocycles. The van der Waals surface area contributed by atoms with Crippen molar-refractivity contribution >= 4 is 0 Å². The molecule has 32 heavy (non-hydrogen) atoms. The van der Waals surface area contributed by atoms with Gasteiger partial charge in [-0.3, -0.25) is 0 Å². The minimum atomic E-state index is 0.273. The Morgan fingerprint density at radius 3 is 2.41 bits per heavy atom. The molecule has 0 bridgehead atoms. The van der Waals surface area contributed by atoms with Crippen LogP contribution >= 0.6 is 0 Å². The Balaban J connectivity index is 1.38. The second-order valence-electron chi connectivity index (χ2n) is 7.60. The molecule has 7 nitrogen and oxygen atoms in total. The summed E-state index contributed by atoms with van der Waals surface area (Å²) in [4.78, 5) is 0. The topological polar surface area (TPSA) is 74.1 Å². The van der Waals surface area contributed by atoms with Crippen molar-refractivity contribution in [2.45, 2.75) is 32.4 Å². The van der Waals surface area contributed by atoms with Gasteiger partial charge < -0.3 is 14.8 Å². The molecule has 7 heteroatoms. The summed E-state index contributed by atoms with van der Waals surface area (Å²) in [5.41, 5.74) is 3.29. The summed E-state index contributed by atoms with van der Waals surface area (Å²) in [6.45, 7) is 2.95. The lowest BCUT2D eigenvalue weighted by Gasteiger charge is -2.15. The molecule has 1 heterocycles. The Morgan fingerprint density at radius 1 is 0.906 bits per heavy atom. The zero-order valence-corrected chi connectivity index (χ0v) is 18.3. The normalized spacial score (nSPS) is 11.8. The molecule has 1 N–H and O–H groups in total. The second-order valence-corrected chi connectivity index (χ2v) is 7.60. The molecule has 0 fully saturated rings. The first-order valence-corrected chi connectivity index (χ1v) is 10.7. The van der Waals surface area contributed by atoms with Gasteiger partial charge in [-0.15, -0.1) is 0 Å². The monoisotopic (exact) mass is 429 g/mol. The van der Waals surface area contributed by atoms with Crippen molar-refractivity contribution in [3.63, 3.8) is 0 Å². The van der Waals surface area contributed by atoms with E-state index in [0.29, 0.717) is 17.5 Å². The Kier molecular flexibility index (Phi) is 7.09. The molecule has 0 unspecified atom stereocenters. The van der Waals surface area contributed by atoms with E-state index >= 15 is 0 Å². The molecular formula is C25H27N5O2. The van der Waals surface area contributed by atoms with Gasteiger partial charge in [0.1, 0.15) is 0 Å². The van der Waals surface area contributed by atoms with Gasteiger partial charge in [0.25, 0.3) is 0 Å². The number of hydrogen-bond acceptors (Lipinski definition) is 6. The first-order valence-electron chi connectivity index (χ1n) is 10.7. The maximum Gasteiger partial charge on any atom is 0.346 e. The molecule has 0 aliphatic heterocycles. The van der Waals surface area contributed by atoms with Crippen LogP contribution in [0.2, 0.25) is 0 Å². The van der Waals surface area contributed by atoms with Gasteiger partial charge in [-0.1, -0.05) is 59.7 Å². The van der Waals surface area contributed by atoms with Crippen molar-refractivity contribution in [3.05, 3.63) is 90.0 Å². The van der Waals surface area contributed by atoms with Gasteiger partial charge in [-0.25, -0.2) is 0 Å². The van der Waals surface area contributed by atoms with Crippen molar-refractivity contribution in [2.24, 2.45) is 0 Å².